The molecule has 5 nitrogen and oxygen atoms in total. The summed E-state index contributed by atoms with van der Waals surface area (Å²) in [6, 6.07) is 12.3. The Morgan fingerprint density at radius 2 is 2.00 bits per heavy atom. The maximum atomic E-state index is 11.4. The van der Waals surface area contributed by atoms with E-state index < -0.39 is 0 Å². The largest absolute Gasteiger partial charge is 0.493 e. The Labute approximate surface area is 156 Å². The van der Waals surface area contributed by atoms with Crippen molar-refractivity contribution in [3.05, 3.63) is 57.6 Å². The van der Waals surface area contributed by atoms with E-state index in [2.05, 4.69) is 5.32 Å². The number of nitrogens with zero attached hydrogens (tertiary/aromatic N) is 1. The zero-order valence-electron chi connectivity index (χ0n) is 13.5. The molecule has 7 heteroatoms. The molecule has 1 amide bonds. The highest BCUT2D eigenvalue weighted by atomic mass is 35.5. The molecular formula is C18H16Cl2N2O3. The molecule has 0 unspecified atom stereocenters. The van der Waals surface area contributed by atoms with Crippen LogP contribution in [0.2, 0.25) is 10.0 Å². The van der Waals surface area contributed by atoms with E-state index in [1.54, 1.807) is 43.5 Å². The summed E-state index contributed by atoms with van der Waals surface area (Å²) >= 11 is 12.0. The third-order valence-corrected chi connectivity index (χ3v) is 3.94. The second kappa shape index (κ2) is 9.16. The van der Waals surface area contributed by atoms with E-state index in [-0.39, 0.29) is 18.9 Å². The normalized spacial score (nSPS) is 10.0. The average molecular weight is 379 g/mol. The van der Waals surface area contributed by atoms with Crippen LogP contribution in [-0.4, -0.2) is 13.0 Å². The summed E-state index contributed by atoms with van der Waals surface area (Å²) in [6.07, 6.45) is -0.172. The van der Waals surface area contributed by atoms with Gasteiger partial charge in [-0.1, -0.05) is 35.3 Å². The fourth-order valence-electron chi connectivity index (χ4n) is 2.07. The first-order valence-electron chi connectivity index (χ1n) is 7.40. The van der Waals surface area contributed by atoms with Gasteiger partial charge in [0.25, 0.3) is 0 Å². The average Bonchev–Trinajstić information content (AvgIpc) is 2.59. The number of ether oxygens (including phenoxy) is 2. The molecule has 0 aliphatic heterocycles. The van der Waals surface area contributed by atoms with Crippen LogP contribution in [0.3, 0.4) is 0 Å². The smallest absolute Gasteiger partial charge is 0.234 e. The van der Waals surface area contributed by atoms with E-state index in [9.17, 15) is 4.79 Å². The van der Waals surface area contributed by atoms with Gasteiger partial charge < -0.3 is 14.8 Å². The van der Waals surface area contributed by atoms with Gasteiger partial charge in [-0.3, -0.25) is 4.79 Å². The zero-order chi connectivity index (χ0) is 18.2. The molecule has 0 aliphatic rings. The standard InChI is InChI=1S/C18H16Cl2N2O3/c1-24-16-5-2-12(10-22-18(23)6-7-21)8-17(16)25-11-13-3-4-14(19)9-15(13)20/h2-5,8-9H,6,10-11H2,1H3,(H,22,23). The van der Waals surface area contributed by atoms with Crippen LogP contribution >= 0.6 is 23.2 Å². The quantitative estimate of drug-likeness (QED) is 0.786. The van der Waals surface area contributed by atoms with Crippen LogP contribution in [-0.2, 0) is 17.9 Å². The summed E-state index contributed by atoms with van der Waals surface area (Å²) in [6.45, 7) is 0.541. The third kappa shape index (κ3) is 5.56. The first kappa shape index (κ1) is 18.9. The highest BCUT2D eigenvalue weighted by Gasteiger charge is 2.09. The Kier molecular flexibility index (Phi) is 6.93. The van der Waals surface area contributed by atoms with Gasteiger partial charge in [0.2, 0.25) is 5.91 Å². The SMILES string of the molecule is COc1ccc(CNC(=O)CC#N)cc1OCc1ccc(Cl)cc1Cl. The first-order chi connectivity index (χ1) is 12.0. The molecule has 0 saturated carbocycles. The summed E-state index contributed by atoms with van der Waals surface area (Å²) in [4.78, 5) is 11.4. The van der Waals surface area contributed by atoms with Gasteiger partial charge in [-0.05, 0) is 29.8 Å². The predicted molar refractivity (Wildman–Crippen MR) is 95.9 cm³/mol. The van der Waals surface area contributed by atoms with Gasteiger partial charge in [0.05, 0.1) is 13.2 Å². The van der Waals surface area contributed by atoms with Crippen LogP contribution in [0.15, 0.2) is 36.4 Å². The van der Waals surface area contributed by atoms with Crippen LogP contribution in [0, 0.1) is 11.3 Å². The van der Waals surface area contributed by atoms with Crippen molar-refractivity contribution in [1.29, 1.82) is 5.26 Å². The van der Waals surface area contributed by atoms with Gasteiger partial charge in [0, 0.05) is 22.2 Å². The van der Waals surface area contributed by atoms with Crippen molar-refractivity contribution in [1.82, 2.24) is 5.32 Å². The Balaban J connectivity index is 2.08. The van der Waals surface area contributed by atoms with Gasteiger partial charge >= 0.3 is 0 Å². The van der Waals surface area contributed by atoms with Crippen molar-refractivity contribution in [2.75, 3.05) is 7.11 Å². The first-order valence-corrected chi connectivity index (χ1v) is 8.16. The lowest BCUT2D eigenvalue weighted by Crippen LogP contribution is -2.21. The molecule has 130 valence electrons. The van der Waals surface area contributed by atoms with Gasteiger partial charge in [0.15, 0.2) is 11.5 Å². The Hall–Kier alpha value is -2.42. The lowest BCUT2D eigenvalue weighted by atomic mass is 10.2. The second-order valence-electron chi connectivity index (χ2n) is 5.12. The number of carbonyl (C=O) groups excluding carboxylic acids is 1. The highest BCUT2D eigenvalue weighted by molar-refractivity contribution is 6.35. The molecule has 0 atom stereocenters. The van der Waals surface area contributed by atoms with Crippen LogP contribution in [0.4, 0.5) is 0 Å². The van der Waals surface area contributed by atoms with E-state index in [1.807, 2.05) is 6.07 Å². The molecule has 0 fully saturated rings. The molecule has 0 heterocycles. The fraction of sp³-hybridized carbons (Fsp3) is 0.222. The molecule has 2 rings (SSSR count). The van der Waals surface area contributed by atoms with Gasteiger partial charge in [-0.15, -0.1) is 0 Å². The topological polar surface area (TPSA) is 71.3 Å². The number of hydrogen-bond donors (Lipinski definition) is 1. The highest BCUT2D eigenvalue weighted by Crippen LogP contribution is 2.30. The van der Waals surface area contributed by atoms with Crippen LogP contribution in [0.1, 0.15) is 17.5 Å². The summed E-state index contributed by atoms with van der Waals surface area (Å²) < 4.78 is 11.1. The molecule has 0 saturated heterocycles. The minimum Gasteiger partial charge on any atom is -0.493 e. The molecule has 0 bridgehead atoms. The van der Waals surface area contributed by atoms with Crippen molar-refractivity contribution in [2.24, 2.45) is 0 Å². The molecule has 2 aromatic rings. The van der Waals surface area contributed by atoms with Crippen molar-refractivity contribution in [3.8, 4) is 17.6 Å². The zero-order valence-corrected chi connectivity index (χ0v) is 15.0. The van der Waals surface area contributed by atoms with Gasteiger partial charge in [-0.25, -0.2) is 0 Å². The van der Waals surface area contributed by atoms with Crippen LogP contribution < -0.4 is 14.8 Å². The molecule has 0 aliphatic carbocycles. The second-order valence-corrected chi connectivity index (χ2v) is 5.96. The lowest BCUT2D eigenvalue weighted by Gasteiger charge is -2.13. The number of amides is 1. The number of hydrogen-bond acceptors (Lipinski definition) is 4. The van der Waals surface area contributed by atoms with Crippen LogP contribution in [0.25, 0.3) is 0 Å². The maximum absolute atomic E-state index is 11.4. The Morgan fingerprint density at radius 3 is 2.68 bits per heavy atom. The number of rotatable bonds is 7. The number of benzene rings is 2. The van der Waals surface area contributed by atoms with E-state index in [4.69, 9.17) is 37.9 Å². The molecule has 2 aromatic carbocycles. The minimum absolute atomic E-state index is 0.172. The predicted octanol–water partition coefficient (Wildman–Crippen LogP) is 4.11. The summed E-state index contributed by atoms with van der Waals surface area (Å²) in [5, 5.41) is 12.2. The fourth-order valence-corrected chi connectivity index (χ4v) is 2.54. The summed E-state index contributed by atoms with van der Waals surface area (Å²) in [5.74, 6) is 0.770. The Morgan fingerprint density at radius 1 is 1.20 bits per heavy atom. The van der Waals surface area contributed by atoms with Crippen molar-refractivity contribution in [2.45, 2.75) is 19.6 Å². The van der Waals surface area contributed by atoms with Gasteiger partial charge in [-0.2, -0.15) is 5.26 Å². The third-order valence-electron chi connectivity index (χ3n) is 3.36. The molecule has 0 radical (unpaired) electrons. The monoisotopic (exact) mass is 378 g/mol. The number of halogens is 2. The number of methoxy groups -OCH3 is 1. The Bertz CT molecular complexity index is 803. The number of carbonyl (C=O) groups is 1. The molecule has 0 aromatic heterocycles. The van der Waals surface area contributed by atoms with Crippen LogP contribution in [0.5, 0.6) is 11.5 Å². The van der Waals surface area contributed by atoms with E-state index in [0.717, 1.165) is 11.1 Å². The molecule has 25 heavy (non-hydrogen) atoms. The molecule has 1 N–H and O–H groups in total. The summed E-state index contributed by atoms with van der Waals surface area (Å²) in [7, 11) is 1.55. The number of nitrogens with one attached hydrogen (secondary N) is 1. The van der Waals surface area contributed by atoms with E-state index >= 15 is 0 Å². The maximum Gasteiger partial charge on any atom is 0.234 e. The molecular weight excluding hydrogens is 363 g/mol. The lowest BCUT2D eigenvalue weighted by molar-refractivity contribution is -0.120. The van der Waals surface area contributed by atoms with Crippen molar-refractivity contribution in [3.63, 3.8) is 0 Å². The minimum atomic E-state index is -0.325. The van der Waals surface area contributed by atoms with Crippen molar-refractivity contribution >= 4 is 29.1 Å². The molecule has 0 spiro atoms. The number of nitriles is 1. The van der Waals surface area contributed by atoms with Crippen molar-refractivity contribution < 1.29 is 14.3 Å². The summed E-state index contributed by atoms with van der Waals surface area (Å²) in [5.41, 5.74) is 1.62. The van der Waals surface area contributed by atoms with E-state index in [1.165, 1.54) is 0 Å². The van der Waals surface area contributed by atoms with Gasteiger partial charge in [0.1, 0.15) is 13.0 Å². The van der Waals surface area contributed by atoms with E-state index in [0.29, 0.717) is 28.1 Å².